The molecule has 0 aliphatic rings. The third-order valence-corrected chi connectivity index (χ3v) is 4.91. The predicted octanol–water partition coefficient (Wildman–Crippen LogP) is 0.934. The van der Waals surface area contributed by atoms with Gasteiger partial charge in [0.1, 0.15) is 11.9 Å². The van der Waals surface area contributed by atoms with Crippen LogP contribution in [0.2, 0.25) is 0 Å². The highest BCUT2D eigenvalue weighted by Gasteiger charge is 2.20. The van der Waals surface area contributed by atoms with E-state index in [4.69, 9.17) is 5.73 Å². The van der Waals surface area contributed by atoms with Gasteiger partial charge < -0.3 is 15.5 Å². The quantitative estimate of drug-likeness (QED) is 0.166. The van der Waals surface area contributed by atoms with E-state index in [1.807, 2.05) is 30.3 Å². The van der Waals surface area contributed by atoms with E-state index < -0.39 is 29.6 Å². The lowest BCUT2D eigenvalue weighted by atomic mass is 10.2. The number of esters is 1. The Kier molecular flexibility index (Phi) is 6.62. The molecule has 0 saturated carbocycles. The Morgan fingerprint density at radius 1 is 1.17 bits per heavy atom. The Bertz CT molecular complexity index is 1160. The Morgan fingerprint density at radius 3 is 2.60 bits per heavy atom. The highest BCUT2D eigenvalue weighted by Crippen LogP contribution is 2.21. The molecule has 1 aromatic carbocycles. The molecule has 3 rings (SSSR count). The maximum absolute atomic E-state index is 12.4. The lowest BCUT2D eigenvalue weighted by molar-refractivity contribution is -0.148. The number of carbonyl (C=O) groups excluding carboxylic acids is 3. The number of rotatable bonds is 9. The fraction of sp³-hybridized carbons (Fsp3) is 0.263. The highest BCUT2D eigenvalue weighted by atomic mass is 32.2. The van der Waals surface area contributed by atoms with Crippen molar-refractivity contribution in [1.82, 2.24) is 19.5 Å². The molecule has 0 saturated heterocycles. The first-order chi connectivity index (χ1) is 14.4. The molecule has 0 aliphatic heterocycles. The van der Waals surface area contributed by atoms with E-state index in [2.05, 4.69) is 19.7 Å². The molecule has 30 heavy (non-hydrogen) atoms. The van der Waals surface area contributed by atoms with Crippen molar-refractivity contribution >= 4 is 46.3 Å². The molecule has 0 radical (unpaired) electrons. The maximum Gasteiger partial charge on any atom is 0.328 e. The second kappa shape index (κ2) is 9.35. The van der Waals surface area contributed by atoms with Crippen LogP contribution in [-0.4, -0.2) is 49.4 Å². The number of nitrogens with zero attached hydrogens (tertiary/aromatic N) is 3. The number of fused-ring (bicyclic) bond motifs is 1. The lowest BCUT2D eigenvalue weighted by Crippen LogP contribution is -2.21. The molecule has 2 aromatic heterocycles. The molecule has 3 aromatic rings. The number of imidazole rings is 1. The normalized spacial score (nSPS) is 10.8. The van der Waals surface area contributed by atoms with Crippen molar-refractivity contribution in [3.05, 3.63) is 46.4 Å². The number of aromatic amines is 1. The van der Waals surface area contributed by atoms with E-state index in [0.29, 0.717) is 11.2 Å². The third kappa shape index (κ3) is 4.92. The smallest absolute Gasteiger partial charge is 0.328 e. The van der Waals surface area contributed by atoms with Crippen LogP contribution in [-0.2, 0) is 25.7 Å². The zero-order valence-corrected chi connectivity index (χ0v) is 16.9. The van der Waals surface area contributed by atoms with Gasteiger partial charge in [0.15, 0.2) is 16.6 Å². The fourth-order valence-corrected chi connectivity index (χ4v) is 3.40. The number of ether oxygens (including phenoxy) is 1. The number of nitrogens with two attached hydrogens (primary N) is 1. The average molecular weight is 429 g/mol. The van der Waals surface area contributed by atoms with Crippen LogP contribution in [0, 0.1) is 0 Å². The van der Waals surface area contributed by atoms with Crippen molar-refractivity contribution in [2.24, 2.45) is 0 Å². The molecular weight excluding hydrogens is 410 g/mol. The predicted molar refractivity (Wildman–Crippen MR) is 110 cm³/mol. The second-order valence-corrected chi connectivity index (χ2v) is 7.15. The fourth-order valence-electron chi connectivity index (χ4n) is 2.66. The number of nitrogen functional groups attached to an aromatic ring is 1. The van der Waals surface area contributed by atoms with E-state index in [1.54, 1.807) is 6.92 Å². The van der Waals surface area contributed by atoms with Gasteiger partial charge in [-0.25, -0.2) is 14.8 Å². The van der Waals surface area contributed by atoms with Crippen LogP contribution in [0.4, 0.5) is 5.82 Å². The number of nitrogens with one attached hydrogen (secondary N) is 1. The summed E-state index contributed by atoms with van der Waals surface area (Å²) in [4.78, 5) is 58.5. The van der Waals surface area contributed by atoms with Gasteiger partial charge in [-0.1, -0.05) is 42.1 Å². The van der Waals surface area contributed by atoms with Crippen molar-refractivity contribution in [1.29, 1.82) is 0 Å². The number of Topliss-reactive ketones (excluding diaryl/α,β-unsaturated/α-hetero) is 2. The molecule has 2 heterocycles. The first kappa shape index (κ1) is 21.2. The minimum atomic E-state index is -0.849. The second-order valence-electron chi connectivity index (χ2n) is 6.21. The average Bonchev–Trinajstić information content (AvgIpc) is 3.03. The maximum atomic E-state index is 12.4. The highest BCUT2D eigenvalue weighted by molar-refractivity contribution is 7.99. The van der Waals surface area contributed by atoms with E-state index in [1.165, 1.54) is 4.57 Å². The van der Waals surface area contributed by atoms with Gasteiger partial charge in [0.25, 0.3) is 0 Å². The molecule has 10 nitrogen and oxygen atoms in total. The molecule has 0 amide bonds. The molecule has 0 unspecified atom stereocenters. The number of benzene rings is 1. The van der Waals surface area contributed by atoms with Gasteiger partial charge in [0, 0.05) is 0 Å². The van der Waals surface area contributed by atoms with Crippen molar-refractivity contribution < 1.29 is 19.1 Å². The number of hydrogen-bond donors (Lipinski definition) is 2. The molecule has 0 atom stereocenters. The Balaban J connectivity index is 1.78. The summed E-state index contributed by atoms with van der Waals surface area (Å²) in [5.74, 6) is -2.57. The summed E-state index contributed by atoms with van der Waals surface area (Å²) in [6.07, 6.45) is -0.607. The van der Waals surface area contributed by atoms with Gasteiger partial charge >= 0.3 is 11.7 Å². The lowest BCUT2D eigenvalue weighted by Gasteiger charge is -2.05. The van der Waals surface area contributed by atoms with Gasteiger partial charge in [0.2, 0.25) is 11.6 Å². The SMILES string of the molecule is CCOC(=O)CC(=O)C(=O)CSc1nc(N)c2[nH]c(=O)n(Cc3ccccc3)c2n1. The Labute approximate surface area is 174 Å². The van der Waals surface area contributed by atoms with E-state index in [9.17, 15) is 19.2 Å². The standard InChI is InChI=1S/C19H19N5O5S/c1-2-29-14(27)8-12(25)13(26)10-30-18-22-16(20)15-17(23-18)24(19(28)21-15)9-11-6-4-3-5-7-11/h3-7H,2,8-10H2,1H3,(H,21,28)(H2,20,22,23). The number of hydrogen-bond acceptors (Lipinski definition) is 9. The van der Waals surface area contributed by atoms with Crippen LogP contribution in [0.5, 0.6) is 0 Å². The summed E-state index contributed by atoms with van der Waals surface area (Å²) in [6, 6.07) is 9.34. The van der Waals surface area contributed by atoms with Crippen LogP contribution >= 0.6 is 11.8 Å². The van der Waals surface area contributed by atoms with Crippen LogP contribution in [0.3, 0.4) is 0 Å². The van der Waals surface area contributed by atoms with Crippen molar-refractivity contribution in [2.75, 3.05) is 18.1 Å². The Hall–Kier alpha value is -3.47. The molecule has 0 spiro atoms. The summed E-state index contributed by atoms with van der Waals surface area (Å²) in [7, 11) is 0. The molecule has 156 valence electrons. The number of ketones is 2. The largest absolute Gasteiger partial charge is 0.466 e. The minimum Gasteiger partial charge on any atom is -0.466 e. The summed E-state index contributed by atoms with van der Waals surface area (Å²) in [5, 5.41) is 0.137. The van der Waals surface area contributed by atoms with Crippen molar-refractivity contribution in [3.63, 3.8) is 0 Å². The number of anilines is 1. The van der Waals surface area contributed by atoms with Crippen molar-refractivity contribution in [2.45, 2.75) is 25.0 Å². The van der Waals surface area contributed by atoms with Crippen LogP contribution in [0.1, 0.15) is 18.9 Å². The molecular formula is C19H19N5O5S. The van der Waals surface area contributed by atoms with Crippen LogP contribution in [0.15, 0.2) is 40.3 Å². The first-order valence-electron chi connectivity index (χ1n) is 9.03. The van der Waals surface area contributed by atoms with Crippen LogP contribution in [0.25, 0.3) is 11.2 Å². The van der Waals surface area contributed by atoms with E-state index >= 15 is 0 Å². The molecule has 3 N–H and O–H groups in total. The zero-order valence-electron chi connectivity index (χ0n) is 16.1. The first-order valence-corrected chi connectivity index (χ1v) is 10.0. The summed E-state index contributed by atoms with van der Waals surface area (Å²) in [6.45, 7) is 2.01. The van der Waals surface area contributed by atoms with Gasteiger partial charge in [-0.15, -0.1) is 0 Å². The topological polar surface area (TPSA) is 150 Å². The van der Waals surface area contributed by atoms with E-state index in [-0.39, 0.29) is 29.9 Å². The molecule has 0 bridgehead atoms. The monoisotopic (exact) mass is 429 g/mol. The van der Waals surface area contributed by atoms with Crippen molar-refractivity contribution in [3.8, 4) is 0 Å². The number of aromatic nitrogens is 4. The summed E-state index contributed by atoms with van der Waals surface area (Å²) >= 11 is 0.897. The molecule has 0 aliphatic carbocycles. The van der Waals surface area contributed by atoms with Gasteiger partial charge in [-0.3, -0.25) is 19.0 Å². The summed E-state index contributed by atoms with van der Waals surface area (Å²) < 4.78 is 6.08. The summed E-state index contributed by atoms with van der Waals surface area (Å²) in [5.41, 5.74) is 7.03. The van der Waals surface area contributed by atoms with Crippen LogP contribution < -0.4 is 11.4 Å². The third-order valence-electron chi connectivity index (χ3n) is 4.07. The number of carbonyl (C=O) groups is 3. The molecule has 11 heteroatoms. The van der Waals surface area contributed by atoms with E-state index in [0.717, 1.165) is 17.3 Å². The number of thioether (sulfide) groups is 1. The number of H-pyrrole nitrogens is 1. The zero-order chi connectivity index (χ0) is 21.7. The van der Waals surface area contributed by atoms with Gasteiger partial charge in [-0.05, 0) is 12.5 Å². The van der Waals surface area contributed by atoms with Gasteiger partial charge in [-0.2, -0.15) is 0 Å². The minimum absolute atomic E-state index is 0.0525. The molecule has 0 fully saturated rings. The van der Waals surface area contributed by atoms with Gasteiger partial charge in [0.05, 0.1) is 18.9 Å². The Morgan fingerprint density at radius 2 is 1.90 bits per heavy atom.